The topological polar surface area (TPSA) is 79.6 Å². The van der Waals surface area contributed by atoms with E-state index in [1.165, 1.54) is 11.6 Å². The van der Waals surface area contributed by atoms with E-state index >= 15 is 0 Å². The van der Waals surface area contributed by atoms with Gasteiger partial charge in [-0.3, -0.25) is 15.1 Å². The zero-order chi connectivity index (χ0) is 18.1. The number of para-hydroxylation sites is 1. The Morgan fingerprint density at radius 1 is 1.16 bits per heavy atom. The van der Waals surface area contributed by atoms with Gasteiger partial charge in [-0.05, 0) is 25.3 Å². The number of aliphatic imine (C=N–C) groups is 1. The summed E-state index contributed by atoms with van der Waals surface area (Å²) in [6.07, 6.45) is 1.95. The summed E-state index contributed by atoms with van der Waals surface area (Å²) in [6.45, 7) is 2.45. The Kier molecular flexibility index (Phi) is 6.95. The Bertz CT molecular complexity index is 716. The highest BCUT2D eigenvalue weighted by Gasteiger charge is 2.13. The minimum Gasteiger partial charge on any atom is -0.354 e. The van der Waals surface area contributed by atoms with Crippen molar-refractivity contribution in [2.75, 3.05) is 7.05 Å². The van der Waals surface area contributed by atoms with Crippen LogP contribution in [0.15, 0.2) is 59.6 Å². The second-order valence-corrected chi connectivity index (χ2v) is 5.88. The van der Waals surface area contributed by atoms with Crippen LogP contribution < -0.4 is 10.6 Å². The van der Waals surface area contributed by atoms with E-state index in [1.54, 1.807) is 25.2 Å². The molecule has 132 valence electrons. The van der Waals surface area contributed by atoms with Gasteiger partial charge in [0.2, 0.25) is 0 Å². The van der Waals surface area contributed by atoms with Gasteiger partial charge in [0.25, 0.3) is 5.69 Å². The first kappa shape index (κ1) is 18.4. The summed E-state index contributed by atoms with van der Waals surface area (Å²) in [5, 5.41) is 17.5. The number of aryl methyl sites for hydroxylation is 1. The highest BCUT2D eigenvalue weighted by Crippen LogP contribution is 2.17. The average molecular weight is 340 g/mol. The van der Waals surface area contributed by atoms with Crippen molar-refractivity contribution in [3.8, 4) is 0 Å². The summed E-state index contributed by atoms with van der Waals surface area (Å²) in [4.78, 5) is 14.9. The molecule has 2 aromatic carbocycles. The fraction of sp³-hybridized carbons (Fsp3) is 0.316. The van der Waals surface area contributed by atoms with Crippen LogP contribution >= 0.6 is 0 Å². The van der Waals surface area contributed by atoms with Crippen molar-refractivity contribution < 1.29 is 4.92 Å². The number of nitro groups is 1. The summed E-state index contributed by atoms with van der Waals surface area (Å²) < 4.78 is 0. The van der Waals surface area contributed by atoms with Gasteiger partial charge in [-0.25, -0.2) is 0 Å². The summed E-state index contributed by atoms with van der Waals surface area (Å²) in [5.41, 5.74) is 2.05. The SMILES string of the molecule is CN=C(NCc1ccccc1[N+](=O)[O-])NC(C)CCc1ccccc1. The first-order valence-electron chi connectivity index (χ1n) is 8.33. The molecule has 2 aromatic rings. The van der Waals surface area contributed by atoms with Crippen molar-refractivity contribution >= 4 is 11.6 Å². The fourth-order valence-electron chi connectivity index (χ4n) is 2.55. The molecule has 25 heavy (non-hydrogen) atoms. The Hall–Kier alpha value is -2.89. The highest BCUT2D eigenvalue weighted by molar-refractivity contribution is 5.80. The molecule has 0 amide bonds. The van der Waals surface area contributed by atoms with E-state index in [9.17, 15) is 10.1 Å². The third-order valence-electron chi connectivity index (χ3n) is 3.95. The molecule has 0 fully saturated rings. The smallest absolute Gasteiger partial charge is 0.274 e. The standard InChI is InChI=1S/C19H24N4O2/c1-15(12-13-16-8-4-3-5-9-16)22-19(20-2)21-14-17-10-6-7-11-18(17)23(24)25/h3-11,15H,12-14H2,1-2H3,(H2,20,21,22). The van der Waals surface area contributed by atoms with Gasteiger partial charge in [0.15, 0.2) is 5.96 Å². The normalized spacial score (nSPS) is 12.5. The first-order chi connectivity index (χ1) is 12.1. The maximum Gasteiger partial charge on any atom is 0.274 e. The van der Waals surface area contributed by atoms with Crippen LogP contribution in [0.3, 0.4) is 0 Å². The maximum atomic E-state index is 11.1. The number of nitrogens with zero attached hydrogens (tertiary/aromatic N) is 2. The zero-order valence-corrected chi connectivity index (χ0v) is 14.6. The van der Waals surface area contributed by atoms with Gasteiger partial charge < -0.3 is 10.6 Å². The summed E-state index contributed by atoms with van der Waals surface area (Å²) in [7, 11) is 1.69. The molecule has 0 bridgehead atoms. The molecule has 0 heterocycles. The number of hydrogen-bond donors (Lipinski definition) is 2. The van der Waals surface area contributed by atoms with Crippen LogP contribution in [-0.2, 0) is 13.0 Å². The monoisotopic (exact) mass is 340 g/mol. The van der Waals surface area contributed by atoms with Gasteiger partial charge in [0, 0.05) is 31.3 Å². The Labute approximate surface area is 148 Å². The maximum absolute atomic E-state index is 11.1. The third kappa shape index (κ3) is 5.91. The molecule has 2 rings (SSSR count). The molecular formula is C19H24N4O2. The molecule has 0 saturated carbocycles. The van der Waals surface area contributed by atoms with Crippen LogP contribution in [0.1, 0.15) is 24.5 Å². The van der Waals surface area contributed by atoms with E-state index in [0.717, 1.165) is 12.8 Å². The molecule has 0 spiro atoms. The number of hydrogen-bond acceptors (Lipinski definition) is 3. The molecule has 0 radical (unpaired) electrons. The van der Waals surface area contributed by atoms with Crippen LogP contribution in [0.5, 0.6) is 0 Å². The Morgan fingerprint density at radius 2 is 1.84 bits per heavy atom. The van der Waals surface area contributed by atoms with Crippen molar-refractivity contribution in [1.82, 2.24) is 10.6 Å². The Balaban J connectivity index is 1.85. The van der Waals surface area contributed by atoms with Gasteiger partial charge in [-0.15, -0.1) is 0 Å². The van der Waals surface area contributed by atoms with E-state index in [-0.39, 0.29) is 16.7 Å². The lowest BCUT2D eigenvalue weighted by atomic mass is 10.1. The van der Waals surface area contributed by atoms with Gasteiger partial charge in [-0.1, -0.05) is 48.5 Å². The van der Waals surface area contributed by atoms with Gasteiger partial charge in [0.1, 0.15) is 0 Å². The first-order valence-corrected chi connectivity index (χ1v) is 8.33. The molecule has 2 N–H and O–H groups in total. The summed E-state index contributed by atoms with van der Waals surface area (Å²) in [5.74, 6) is 0.638. The molecule has 1 unspecified atom stereocenters. The largest absolute Gasteiger partial charge is 0.354 e. The molecule has 6 nitrogen and oxygen atoms in total. The van der Waals surface area contributed by atoms with Crippen LogP contribution in [0.4, 0.5) is 5.69 Å². The van der Waals surface area contributed by atoms with E-state index in [4.69, 9.17) is 0 Å². The van der Waals surface area contributed by atoms with Crippen molar-refractivity contribution in [3.63, 3.8) is 0 Å². The Morgan fingerprint density at radius 3 is 2.52 bits per heavy atom. The molecule has 0 aliphatic rings. The molecule has 0 aliphatic carbocycles. The van der Waals surface area contributed by atoms with Crippen molar-refractivity contribution in [3.05, 3.63) is 75.8 Å². The fourth-order valence-corrected chi connectivity index (χ4v) is 2.55. The van der Waals surface area contributed by atoms with Gasteiger partial charge in [0.05, 0.1) is 4.92 Å². The van der Waals surface area contributed by atoms with Crippen LogP contribution in [0, 0.1) is 10.1 Å². The minimum absolute atomic E-state index is 0.113. The lowest BCUT2D eigenvalue weighted by molar-refractivity contribution is -0.385. The molecular weight excluding hydrogens is 316 g/mol. The quantitative estimate of drug-likeness (QED) is 0.351. The van der Waals surface area contributed by atoms with Crippen molar-refractivity contribution in [2.24, 2.45) is 4.99 Å². The number of nitro benzene ring substituents is 1. The van der Waals surface area contributed by atoms with E-state index < -0.39 is 0 Å². The molecule has 0 saturated heterocycles. The van der Waals surface area contributed by atoms with E-state index in [1.807, 2.05) is 18.2 Å². The van der Waals surface area contributed by atoms with Crippen LogP contribution in [0.25, 0.3) is 0 Å². The summed E-state index contributed by atoms with van der Waals surface area (Å²) >= 11 is 0. The van der Waals surface area contributed by atoms with Gasteiger partial charge in [-0.2, -0.15) is 0 Å². The van der Waals surface area contributed by atoms with E-state index in [0.29, 0.717) is 18.1 Å². The lowest BCUT2D eigenvalue weighted by Crippen LogP contribution is -2.42. The number of rotatable bonds is 7. The predicted octanol–water partition coefficient (Wildman–Crippen LogP) is 3.28. The van der Waals surface area contributed by atoms with Crippen molar-refractivity contribution in [1.29, 1.82) is 0 Å². The molecule has 1 atom stereocenters. The zero-order valence-electron chi connectivity index (χ0n) is 14.6. The average Bonchev–Trinajstić information content (AvgIpc) is 2.64. The highest BCUT2D eigenvalue weighted by atomic mass is 16.6. The second-order valence-electron chi connectivity index (χ2n) is 5.88. The summed E-state index contributed by atoms with van der Waals surface area (Å²) in [6, 6.07) is 17.3. The minimum atomic E-state index is -0.365. The number of benzene rings is 2. The van der Waals surface area contributed by atoms with E-state index in [2.05, 4.69) is 34.7 Å². The number of guanidine groups is 1. The molecule has 6 heteroatoms. The molecule has 0 aliphatic heterocycles. The third-order valence-corrected chi connectivity index (χ3v) is 3.95. The van der Waals surface area contributed by atoms with Crippen LogP contribution in [-0.4, -0.2) is 24.0 Å². The van der Waals surface area contributed by atoms with Crippen molar-refractivity contribution in [2.45, 2.75) is 32.4 Å². The lowest BCUT2D eigenvalue weighted by Gasteiger charge is -2.18. The predicted molar refractivity (Wildman–Crippen MR) is 101 cm³/mol. The van der Waals surface area contributed by atoms with Gasteiger partial charge >= 0.3 is 0 Å². The second kappa shape index (κ2) is 9.42. The number of nitrogens with one attached hydrogen (secondary N) is 2. The molecule has 0 aromatic heterocycles. The van der Waals surface area contributed by atoms with Crippen LogP contribution in [0.2, 0.25) is 0 Å².